The van der Waals surface area contributed by atoms with E-state index in [1.807, 2.05) is 0 Å². The number of carbonyl (C=O) groups excluding carboxylic acids is 1. The van der Waals surface area contributed by atoms with Gasteiger partial charge in [-0.25, -0.2) is 8.42 Å². The van der Waals surface area contributed by atoms with Crippen molar-refractivity contribution in [3.8, 4) is 11.5 Å². The van der Waals surface area contributed by atoms with Gasteiger partial charge < -0.3 is 14.2 Å². The smallest absolute Gasteiger partial charge is 0.321 e. The second-order valence-electron chi connectivity index (χ2n) is 5.13. The van der Waals surface area contributed by atoms with Crippen molar-refractivity contribution in [3.63, 3.8) is 0 Å². The Kier molecular flexibility index (Phi) is 6.84. The first kappa shape index (κ1) is 20.0. The SMILES string of the molecule is COc1ccc(S(=O)(=O)NCC(=O)OCc2ccc(Cl)cc2)cc1OC. The fourth-order valence-electron chi connectivity index (χ4n) is 2.02. The first-order valence-electron chi connectivity index (χ1n) is 7.47. The summed E-state index contributed by atoms with van der Waals surface area (Å²) >= 11 is 5.77. The highest BCUT2D eigenvalue weighted by Crippen LogP contribution is 2.29. The van der Waals surface area contributed by atoms with Crippen LogP contribution in [0.1, 0.15) is 5.56 Å². The molecule has 140 valence electrons. The van der Waals surface area contributed by atoms with Crippen LogP contribution in [0.5, 0.6) is 11.5 Å². The minimum atomic E-state index is -3.91. The second kappa shape index (κ2) is 8.88. The molecule has 0 amide bonds. The molecular formula is C17H18ClNO6S. The van der Waals surface area contributed by atoms with Gasteiger partial charge in [-0.3, -0.25) is 4.79 Å². The molecule has 0 heterocycles. The Labute approximate surface area is 156 Å². The number of methoxy groups -OCH3 is 2. The largest absolute Gasteiger partial charge is 0.493 e. The average Bonchev–Trinajstić information content (AvgIpc) is 2.65. The van der Waals surface area contributed by atoms with Gasteiger partial charge in [-0.2, -0.15) is 4.72 Å². The van der Waals surface area contributed by atoms with Crippen molar-refractivity contribution in [2.24, 2.45) is 0 Å². The highest BCUT2D eigenvalue weighted by Gasteiger charge is 2.18. The van der Waals surface area contributed by atoms with Gasteiger partial charge in [0.15, 0.2) is 11.5 Å². The molecule has 0 aliphatic rings. The molecule has 0 aromatic heterocycles. The van der Waals surface area contributed by atoms with Crippen molar-refractivity contribution in [1.82, 2.24) is 4.72 Å². The van der Waals surface area contributed by atoms with Gasteiger partial charge in [0.05, 0.1) is 19.1 Å². The molecule has 0 unspecified atom stereocenters. The summed E-state index contributed by atoms with van der Waals surface area (Å²) in [5, 5.41) is 0.572. The lowest BCUT2D eigenvalue weighted by Crippen LogP contribution is -2.30. The summed E-state index contributed by atoms with van der Waals surface area (Å²) < 4.78 is 41.9. The number of carbonyl (C=O) groups is 1. The number of halogens is 1. The molecule has 0 bridgehead atoms. The fourth-order valence-corrected chi connectivity index (χ4v) is 3.13. The van der Waals surface area contributed by atoms with Crippen molar-refractivity contribution in [3.05, 3.63) is 53.1 Å². The molecule has 2 rings (SSSR count). The van der Waals surface area contributed by atoms with Gasteiger partial charge in [0.1, 0.15) is 13.2 Å². The monoisotopic (exact) mass is 399 g/mol. The van der Waals surface area contributed by atoms with Crippen LogP contribution in [-0.4, -0.2) is 35.2 Å². The lowest BCUT2D eigenvalue weighted by molar-refractivity contribution is -0.143. The van der Waals surface area contributed by atoms with Crippen molar-refractivity contribution in [2.75, 3.05) is 20.8 Å². The predicted octanol–water partition coefficient (Wildman–Crippen LogP) is 2.38. The van der Waals surface area contributed by atoms with Gasteiger partial charge in [-0.05, 0) is 29.8 Å². The molecule has 7 nitrogen and oxygen atoms in total. The van der Waals surface area contributed by atoms with Crippen molar-refractivity contribution < 1.29 is 27.4 Å². The van der Waals surface area contributed by atoms with Crippen LogP contribution in [0.15, 0.2) is 47.4 Å². The van der Waals surface area contributed by atoms with Crippen LogP contribution in [0.2, 0.25) is 5.02 Å². The molecule has 1 N–H and O–H groups in total. The molecule has 0 radical (unpaired) electrons. The van der Waals surface area contributed by atoms with E-state index in [1.165, 1.54) is 32.4 Å². The number of ether oxygens (including phenoxy) is 3. The van der Waals surface area contributed by atoms with Crippen molar-refractivity contribution in [1.29, 1.82) is 0 Å². The molecule has 2 aromatic rings. The van der Waals surface area contributed by atoms with E-state index in [1.54, 1.807) is 24.3 Å². The second-order valence-corrected chi connectivity index (χ2v) is 7.33. The summed E-state index contributed by atoms with van der Waals surface area (Å²) in [7, 11) is -1.06. The number of benzene rings is 2. The molecule has 0 aliphatic carbocycles. The highest BCUT2D eigenvalue weighted by molar-refractivity contribution is 7.89. The molecule has 26 heavy (non-hydrogen) atoms. The normalized spacial score (nSPS) is 11.0. The van der Waals surface area contributed by atoms with Gasteiger partial charge >= 0.3 is 5.97 Å². The average molecular weight is 400 g/mol. The molecule has 0 atom stereocenters. The fraction of sp³-hybridized carbons (Fsp3) is 0.235. The lowest BCUT2D eigenvalue weighted by atomic mass is 10.2. The van der Waals surface area contributed by atoms with Gasteiger partial charge in [-0.15, -0.1) is 0 Å². The number of esters is 1. The maximum atomic E-state index is 12.3. The zero-order valence-electron chi connectivity index (χ0n) is 14.2. The minimum absolute atomic E-state index is 0.0219. The zero-order valence-corrected chi connectivity index (χ0v) is 15.8. The van der Waals surface area contributed by atoms with E-state index in [0.717, 1.165) is 5.56 Å². The Morgan fingerprint density at radius 1 is 1.04 bits per heavy atom. The minimum Gasteiger partial charge on any atom is -0.493 e. The summed E-state index contributed by atoms with van der Waals surface area (Å²) in [6.07, 6.45) is 0. The summed E-state index contributed by atoms with van der Waals surface area (Å²) in [4.78, 5) is 11.7. The van der Waals surface area contributed by atoms with E-state index >= 15 is 0 Å². The highest BCUT2D eigenvalue weighted by atomic mass is 35.5. The predicted molar refractivity (Wildman–Crippen MR) is 96.0 cm³/mol. The number of hydrogen-bond donors (Lipinski definition) is 1. The van der Waals surface area contributed by atoms with Crippen LogP contribution in [0.4, 0.5) is 0 Å². The van der Waals surface area contributed by atoms with Gasteiger partial charge in [0.2, 0.25) is 10.0 Å². The third-order valence-corrected chi connectivity index (χ3v) is 5.04. The topological polar surface area (TPSA) is 90.9 Å². The molecule has 9 heteroatoms. The Morgan fingerprint density at radius 2 is 1.69 bits per heavy atom. The first-order chi connectivity index (χ1) is 12.4. The van der Waals surface area contributed by atoms with Crippen LogP contribution >= 0.6 is 11.6 Å². The summed E-state index contributed by atoms with van der Waals surface area (Å²) in [6, 6.07) is 10.9. The van der Waals surface area contributed by atoms with E-state index in [9.17, 15) is 13.2 Å². The number of rotatable bonds is 8. The Bertz CT molecular complexity index is 867. The van der Waals surface area contributed by atoms with Crippen molar-refractivity contribution >= 4 is 27.6 Å². The summed E-state index contributed by atoms with van der Waals surface area (Å²) in [5.41, 5.74) is 0.741. The Hall–Kier alpha value is -2.29. The molecule has 2 aromatic carbocycles. The van der Waals surface area contributed by atoms with Crippen LogP contribution in [0.25, 0.3) is 0 Å². The summed E-state index contributed by atoms with van der Waals surface area (Å²) in [6.45, 7) is -0.474. The third-order valence-electron chi connectivity index (χ3n) is 3.38. The van der Waals surface area contributed by atoms with Gasteiger partial charge in [0.25, 0.3) is 0 Å². The quantitative estimate of drug-likeness (QED) is 0.685. The molecular weight excluding hydrogens is 382 g/mol. The lowest BCUT2D eigenvalue weighted by Gasteiger charge is -2.11. The molecule has 0 aliphatic heterocycles. The van der Waals surface area contributed by atoms with Gasteiger partial charge in [0, 0.05) is 11.1 Å². The van der Waals surface area contributed by atoms with E-state index < -0.39 is 22.5 Å². The zero-order chi connectivity index (χ0) is 19.2. The maximum Gasteiger partial charge on any atom is 0.321 e. The maximum absolute atomic E-state index is 12.3. The number of sulfonamides is 1. The third kappa shape index (κ3) is 5.35. The van der Waals surface area contributed by atoms with Crippen LogP contribution in [0.3, 0.4) is 0 Å². The first-order valence-corrected chi connectivity index (χ1v) is 9.33. The van der Waals surface area contributed by atoms with Gasteiger partial charge in [-0.1, -0.05) is 23.7 Å². The summed E-state index contributed by atoms with van der Waals surface area (Å²) in [5.74, 6) is -0.0430. The van der Waals surface area contributed by atoms with Crippen LogP contribution in [-0.2, 0) is 26.2 Å². The van der Waals surface area contributed by atoms with E-state index in [-0.39, 0.29) is 17.3 Å². The molecule has 0 spiro atoms. The molecule has 0 fully saturated rings. The van der Waals surface area contributed by atoms with Crippen LogP contribution < -0.4 is 14.2 Å². The standard InChI is InChI=1S/C17H18ClNO6S/c1-23-15-8-7-14(9-16(15)24-2)26(21,22)19-10-17(20)25-11-12-3-5-13(18)6-4-12/h3-9,19H,10-11H2,1-2H3. The van der Waals surface area contributed by atoms with E-state index in [4.69, 9.17) is 25.8 Å². The Morgan fingerprint density at radius 3 is 2.31 bits per heavy atom. The number of hydrogen-bond acceptors (Lipinski definition) is 6. The molecule has 0 saturated heterocycles. The van der Waals surface area contributed by atoms with Crippen molar-refractivity contribution in [2.45, 2.75) is 11.5 Å². The number of nitrogens with one attached hydrogen (secondary N) is 1. The van der Waals surface area contributed by atoms with E-state index in [2.05, 4.69) is 4.72 Å². The van der Waals surface area contributed by atoms with E-state index in [0.29, 0.717) is 10.8 Å². The Balaban J connectivity index is 1.94. The molecule has 0 saturated carbocycles. The van der Waals surface area contributed by atoms with Crippen LogP contribution in [0, 0.1) is 0 Å².